The van der Waals surface area contributed by atoms with Crippen LogP contribution in [-0.2, 0) is 9.59 Å². The molecule has 25 heavy (non-hydrogen) atoms. The maximum Gasteiger partial charge on any atom is 0.321 e. The van der Waals surface area contributed by atoms with E-state index in [4.69, 9.17) is 10.2 Å². The van der Waals surface area contributed by atoms with E-state index in [1.165, 1.54) is 83.1 Å². The number of allylic oxidation sites excluding steroid dienone is 1. The summed E-state index contributed by atoms with van der Waals surface area (Å²) in [5.74, 6) is -4.01. The van der Waals surface area contributed by atoms with Crippen LogP contribution in [0, 0.1) is 5.92 Å². The molecule has 0 aliphatic carbocycles. The van der Waals surface area contributed by atoms with Gasteiger partial charge in [0.25, 0.3) is 0 Å². The average Bonchev–Trinajstić information content (AvgIpc) is 2.57. The van der Waals surface area contributed by atoms with Crippen molar-refractivity contribution in [3.05, 3.63) is 12.2 Å². The minimum Gasteiger partial charge on any atom is -0.480 e. The molecule has 0 saturated carbocycles. The van der Waals surface area contributed by atoms with E-state index in [2.05, 4.69) is 6.92 Å². The Labute approximate surface area is 153 Å². The minimum absolute atomic E-state index is 0.759. The summed E-state index contributed by atoms with van der Waals surface area (Å²) >= 11 is 0. The predicted octanol–water partition coefficient (Wildman–Crippen LogP) is 6.20. The highest BCUT2D eigenvalue weighted by Gasteiger charge is 2.21. The lowest BCUT2D eigenvalue weighted by atomic mass is 10.0. The first kappa shape index (κ1) is 23.7. The van der Waals surface area contributed by atoms with Crippen LogP contribution in [0.3, 0.4) is 0 Å². The fraction of sp³-hybridized carbons (Fsp3) is 0.810. The number of rotatable bonds is 18. The van der Waals surface area contributed by atoms with Crippen molar-refractivity contribution in [1.29, 1.82) is 0 Å². The maximum atomic E-state index is 10.7. The first-order valence-electron chi connectivity index (χ1n) is 10.2. The molecule has 0 fully saturated rings. The molecular weight excluding hydrogens is 316 g/mol. The SMILES string of the molecule is CCCCCCCCCCCCCCCC/C=C/C(C(=O)O)C(=O)O. The van der Waals surface area contributed by atoms with Gasteiger partial charge in [-0.15, -0.1) is 0 Å². The minimum atomic E-state index is -1.41. The fourth-order valence-electron chi connectivity index (χ4n) is 2.96. The quantitative estimate of drug-likeness (QED) is 0.174. The van der Waals surface area contributed by atoms with Crippen LogP contribution in [0.5, 0.6) is 0 Å². The third kappa shape index (κ3) is 15.9. The van der Waals surface area contributed by atoms with Crippen molar-refractivity contribution < 1.29 is 19.8 Å². The molecule has 0 unspecified atom stereocenters. The normalized spacial score (nSPS) is 11.4. The molecule has 2 N–H and O–H groups in total. The molecule has 0 atom stereocenters. The van der Waals surface area contributed by atoms with Crippen molar-refractivity contribution in [3.8, 4) is 0 Å². The largest absolute Gasteiger partial charge is 0.480 e. The topological polar surface area (TPSA) is 74.6 Å². The highest BCUT2D eigenvalue weighted by atomic mass is 16.4. The highest BCUT2D eigenvalue weighted by Crippen LogP contribution is 2.13. The molecule has 0 aromatic rings. The van der Waals surface area contributed by atoms with Gasteiger partial charge in [0.05, 0.1) is 0 Å². The Morgan fingerprint density at radius 3 is 1.40 bits per heavy atom. The van der Waals surface area contributed by atoms with Gasteiger partial charge < -0.3 is 10.2 Å². The van der Waals surface area contributed by atoms with Gasteiger partial charge in [-0.3, -0.25) is 9.59 Å². The summed E-state index contributed by atoms with van der Waals surface area (Å²) in [4.78, 5) is 21.4. The number of hydrogen-bond acceptors (Lipinski definition) is 2. The number of carboxylic acids is 2. The van der Waals surface area contributed by atoms with E-state index in [-0.39, 0.29) is 0 Å². The number of hydrogen-bond donors (Lipinski definition) is 2. The predicted molar refractivity (Wildman–Crippen MR) is 103 cm³/mol. The van der Waals surface area contributed by atoms with Crippen molar-refractivity contribution in [2.45, 2.75) is 103 Å². The molecule has 0 amide bonds. The van der Waals surface area contributed by atoms with Crippen LogP contribution >= 0.6 is 0 Å². The van der Waals surface area contributed by atoms with Gasteiger partial charge in [-0.25, -0.2) is 0 Å². The molecule has 4 heteroatoms. The van der Waals surface area contributed by atoms with Crippen LogP contribution in [0.1, 0.15) is 103 Å². The molecule has 146 valence electrons. The van der Waals surface area contributed by atoms with Gasteiger partial charge in [-0.05, 0) is 12.8 Å². The summed E-state index contributed by atoms with van der Waals surface area (Å²) in [6.07, 6.45) is 22.0. The summed E-state index contributed by atoms with van der Waals surface area (Å²) < 4.78 is 0. The zero-order valence-electron chi connectivity index (χ0n) is 16.0. The summed E-state index contributed by atoms with van der Waals surface area (Å²) in [5, 5.41) is 17.5. The first-order chi connectivity index (χ1) is 12.1. The van der Waals surface area contributed by atoms with Crippen LogP contribution < -0.4 is 0 Å². The van der Waals surface area contributed by atoms with E-state index in [9.17, 15) is 9.59 Å². The molecule has 0 radical (unpaired) electrons. The van der Waals surface area contributed by atoms with Gasteiger partial charge in [0, 0.05) is 0 Å². The van der Waals surface area contributed by atoms with Crippen molar-refractivity contribution in [2.24, 2.45) is 5.92 Å². The van der Waals surface area contributed by atoms with Crippen LogP contribution in [-0.4, -0.2) is 22.2 Å². The van der Waals surface area contributed by atoms with Crippen LogP contribution in [0.15, 0.2) is 12.2 Å². The van der Waals surface area contributed by atoms with Crippen molar-refractivity contribution in [2.75, 3.05) is 0 Å². The van der Waals surface area contributed by atoms with E-state index in [1.807, 2.05) is 0 Å². The Hall–Kier alpha value is -1.32. The lowest BCUT2D eigenvalue weighted by molar-refractivity contribution is -0.151. The molecule has 0 bridgehead atoms. The molecule has 0 spiro atoms. The monoisotopic (exact) mass is 354 g/mol. The van der Waals surface area contributed by atoms with Gasteiger partial charge in [-0.1, -0.05) is 103 Å². The van der Waals surface area contributed by atoms with Crippen molar-refractivity contribution in [1.82, 2.24) is 0 Å². The summed E-state index contributed by atoms with van der Waals surface area (Å²) in [5.41, 5.74) is 0. The lowest BCUT2D eigenvalue weighted by Gasteiger charge is -2.03. The molecule has 0 aromatic heterocycles. The molecule has 0 aromatic carbocycles. The van der Waals surface area contributed by atoms with Gasteiger partial charge >= 0.3 is 11.9 Å². The van der Waals surface area contributed by atoms with Gasteiger partial charge in [0.15, 0.2) is 5.92 Å². The highest BCUT2D eigenvalue weighted by molar-refractivity contribution is 5.94. The molecule has 0 aliphatic rings. The fourth-order valence-corrected chi connectivity index (χ4v) is 2.96. The lowest BCUT2D eigenvalue weighted by Crippen LogP contribution is -2.20. The second kappa shape index (κ2) is 17.5. The van der Waals surface area contributed by atoms with Crippen LogP contribution in [0.2, 0.25) is 0 Å². The summed E-state index contributed by atoms with van der Waals surface area (Å²) in [6, 6.07) is 0. The molecule has 0 saturated heterocycles. The van der Waals surface area contributed by atoms with Crippen LogP contribution in [0.4, 0.5) is 0 Å². The Morgan fingerprint density at radius 2 is 1.04 bits per heavy atom. The summed E-state index contributed by atoms with van der Waals surface area (Å²) in [6.45, 7) is 2.25. The number of carboxylic acid groups (broad SMARTS) is 2. The van der Waals surface area contributed by atoms with Gasteiger partial charge in [-0.2, -0.15) is 0 Å². The molecule has 0 aliphatic heterocycles. The Bertz CT molecular complexity index is 349. The third-order valence-corrected chi connectivity index (χ3v) is 4.58. The van der Waals surface area contributed by atoms with Crippen LogP contribution in [0.25, 0.3) is 0 Å². The van der Waals surface area contributed by atoms with Gasteiger partial charge in [0.1, 0.15) is 0 Å². The zero-order chi connectivity index (χ0) is 18.8. The van der Waals surface area contributed by atoms with E-state index in [0.717, 1.165) is 19.3 Å². The average molecular weight is 355 g/mol. The molecule has 4 nitrogen and oxygen atoms in total. The number of unbranched alkanes of at least 4 members (excludes halogenated alkanes) is 14. The Kier molecular flexibility index (Phi) is 16.6. The molecular formula is C21H38O4. The van der Waals surface area contributed by atoms with E-state index in [1.54, 1.807) is 6.08 Å². The first-order valence-corrected chi connectivity index (χ1v) is 10.2. The molecule has 0 heterocycles. The Morgan fingerprint density at radius 1 is 0.680 bits per heavy atom. The molecule has 0 rings (SSSR count). The van der Waals surface area contributed by atoms with Crippen molar-refractivity contribution in [3.63, 3.8) is 0 Å². The zero-order valence-corrected chi connectivity index (χ0v) is 16.0. The van der Waals surface area contributed by atoms with Gasteiger partial charge in [0.2, 0.25) is 0 Å². The third-order valence-electron chi connectivity index (χ3n) is 4.58. The smallest absolute Gasteiger partial charge is 0.321 e. The maximum absolute atomic E-state index is 10.7. The number of carbonyl (C=O) groups is 2. The number of aliphatic carboxylic acids is 2. The second-order valence-corrected chi connectivity index (χ2v) is 6.97. The second-order valence-electron chi connectivity index (χ2n) is 6.97. The van der Waals surface area contributed by atoms with E-state index >= 15 is 0 Å². The van der Waals surface area contributed by atoms with E-state index < -0.39 is 17.9 Å². The summed E-state index contributed by atoms with van der Waals surface area (Å²) in [7, 11) is 0. The Balaban J connectivity index is 3.31. The van der Waals surface area contributed by atoms with E-state index in [0.29, 0.717) is 0 Å². The standard InChI is InChI=1S/C21H38O4/c1-2-3-4-5-6-7-8-9-10-11-12-13-14-15-16-17-18-19(20(22)23)21(24)25/h17-19H,2-16H2,1H3,(H,22,23)(H,24,25)/b18-17+. The van der Waals surface area contributed by atoms with Crippen molar-refractivity contribution >= 4 is 11.9 Å².